The SMILES string of the molecule is CCOC(=O)c1cccc2c1cnc1ccccc12. The highest BCUT2D eigenvalue weighted by molar-refractivity contribution is 6.12. The molecule has 19 heavy (non-hydrogen) atoms. The molecule has 0 aliphatic heterocycles. The second-order valence-corrected chi connectivity index (χ2v) is 4.26. The maximum Gasteiger partial charge on any atom is 0.338 e. The fourth-order valence-corrected chi connectivity index (χ4v) is 2.27. The van der Waals surface area contributed by atoms with Gasteiger partial charge >= 0.3 is 5.97 Å². The van der Waals surface area contributed by atoms with Crippen LogP contribution in [0.15, 0.2) is 48.7 Å². The number of carbonyl (C=O) groups excluding carboxylic acids is 1. The first-order valence-corrected chi connectivity index (χ1v) is 6.25. The highest BCUT2D eigenvalue weighted by atomic mass is 16.5. The minimum atomic E-state index is -0.301. The van der Waals surface area contributed by atoms with Crippen molar-refractivity contribution in [3.63, 3.8) is 0 Å². The predicted octanol–water partition coefficient (Wildman–Crippen LogP) is 3.56. The lowest BCUT2D eigenvalue weighted by molar-refractivity contribution is 0.0528. The Labute approximate surface area is 110 Å². The van der Waals surface area contributed by atoms with Gasteiger partial charge in [-0.05, 0) is 24.4 Å². The van der Waals surface area contributed by atoms with Crippen LogP contribution in [0.5, 0.6) is 0 Å². The van der Waals surface area contributed by atoms with Gasteiger partial charge in [-0.3, -0.25) is 4.98 Å². The first-order valence-electron chi connectivity index (χ1n) is 6.25. The third kappa shape index (κ3) is 1.93. The third-order valence-electron chi connectivity index (χ3n) is 3.13. The van der Waals surface area contributed by atoms with Gasteiger partial charge in [0, 0.05) is 17.0 Å². The molecule has 3 nitrogen and oxygen atoms in total. The van der Waals surface area contributed by atoms with Crippen molar-refractivity contribution in [1.82, 2.24) is 4.98 Å². The molecule has 0 aliphatic rings. The molecule has 0 amide bonds. The molecule has 0 saturated heterocycles. The normalized spacial score (nSPS) is 10.8. The maximum atomic E-state index is 11.9. The molecule has 3 rings (SSSR count). The van der Waals surface area contributed by atoms with E-state index >= 15 is 0 Å². The maximum absolute atomic E-state index is 11.9. The van der Waals surface area contributed by atoms with Gasteiger partial charge in [-0.25, -0.2) is 4.79 Å². The molecule has 0 aliphatic carbocycles. The van der Waals surface area contributed by atoms with Crippen LogP contribution in [-0.2, 0) is 4.74 Å². The van der Waals surface area contributed by atoms with Crippen LogP contribution < -0.4 is 0 Å². The Hall–Kier alpha value is -2.42. The molecular formula is C16H13NO2. The Morgan fingerprint density at radius 1 is 1.05 bits per heavy atom. The molecule has 0 radical (unpaired) electrons. The molecular weight excluding hydrogens is 238 g/mol. The number of aromatic nitrogens is 1. The van der Waals surface area contributed by atoms with Crippen molar-refractivity contribution in [1.29, 1.82) is 0 Å². The molecule has 0 unspecified atom stereocenters. The van der Waals surface area contributed by atoms with Crippen molar-refractivity contribution in [3.8, 4) is 0 Å². The van der Waals surface area contributed by atoms with Crippen LogP contribution in [0.4, 0.5) is 0 Å². The molecule has 94 valence electrons. The lowest BCUT2D eigenvalue weighted by Crippen LogP contribution is -2.05. The molecule has 1 heterocycles. The predicted molar refractivity (Wildman–Crippen MR) is 75.2 cm³/mol. The number of fused-ring (bicyclic) bond motifs is 3. The van der Waals surface area contributed by atoms with Crippen LogP contribution in [0, 0.1) is 0 Å². The van der Waals surface area contributed by atoms with Crippen molar-refractivity contribution in [3.05, 3.63) is 54.2 Å². The van der Waals surface area contributed by atoms with Gasteiger partial charge in [-0.1, -0.05) is 30.3 Å². The Bertz CT molecular complexity index is 765. The van der Waals surface area contributed by atoms with E-state index in [4.69, 9.17) is 4.74 Å². The molecule has 0 atom stereocenters. The summed E-state index contributed by atoms with van der Waals surface area (Å²) in [5.41, 5.74) is 1.49. The smallest absolute Gasteiger partial charge is 0.338 e. The highest BCUT2D eigenvalue weighted by Crippen LogP contribution is 2.26. The van der Waals surface area contributed by atoms with Crippen LogP contribution in [0.2, 0.25) is 0 Å². The second-order valence-electron chi connectivity index (χ2n) is 4.26. The van der Waals surface area contributed by atoms with Crippen molar-refractivity contribution in [2.45, 2.75) is 6.92 Å². The summed E-state index contributed by atoms with van der Waals surface area (Å²) in [7, 11) is 0. The van der Waals surface area contributed by atoms with Gasteiger partial charge in [0.1, 0.15) is 0 Å². The molecule has 0 N–H and O–H groups in total. The second kappa shape index (κ2) is 4.69. The van der Waals surface area contributed by atoms with E-state index in [1.807, 2.05) is 36.4 Å². The Balaban J connectivity index is 2.32. The van der Waals surface area contributed by atoms with Gasteiger partial charge in [0.25, 0.3) is 0 Å². The molecule has 0 saturated carbocycles. The monoisotopic (exact) mass is 251 g/mol. The molecule has 2 aromatic carbocycles. The van der Waals surface area contributed by atoms with E-state index < -0.39 is 0 Å². The Morgan fingerprint density at radius 2 is 1.84 bits per heavy atom. The van der Waals surface area contributed by atoms with E-state index in [1.54, 1.807) is 19.2 Å². The van der Waals surface area contributed by atoms with Crippen molar-refractivity contribution in [2.75, 3.05) is 6.61 Å². The van der Waals surface area contributed by atoms with E-state index in [0.29, 0.717) is 12.2 Å². The first kappa shape index (κ1) is 11.7. The molecule has 0 fully saturated rings. The quantitative estimate of drug-likeness (QED) is 0.516. The van der Waals surface area contributed by atoms with Gasteiger partial charge in [-0.15, -0.1) is 0 Å². The average Bonchev–Trinajstić information content (AvgIpc) is 2.46. The minimum absolute atomic E-state index is 0.301. The summed E-state index contributed by atoms with van der Waals surface area (Å²) in [5.74, 6) is -0.301. The molecule has 3 heteroatoms. The summed E-state index contributed by atoms with van der Waals surface area (Å²) in [6, 6.07) is 13.6. The zero-order valence-electron chi connectivity index (χ0n) is 10.6. The number of para-hydroxylation sites is 1. The summed E-state index contributed by atoms with van der Waals surface area (Å²) >= 11 is 0. The molecule has 0 bridgehead atoms. The Kier molecular flexibility index (Phi) is 2.88. The lowest BCUT2D eigenvalue weighted by Gasteiger charge is -2.07. The largest absolute Gasteiger partial charge is 0.462 e. The highest BCUT2D eigenvalue weighted by Gasteiger charge is 2.12. The summed E-state index contributed by atoms with van der Waals surface area (Å²) in [4.78, 5) is 16.3. The van der Waals surface area contributed by atoms with Crippen LogP contribution in [0.1, 0.15) is 17.3 Å². The number of ether oxygens (including phenoxy) is 1. The van der Waals surface area contributed by atoms with Gasteiger partial charge < -0.3 is 4.74 Å². The Morgan fingerprint density at radius 3 is 2.68 bits per heavy atom. The van der Waals surface area contributed by atoms with Crippen LogP contribution in [0.3, 0.4) is 0 Å². The number of carbonyl (C=O) groups is 1. The van der Waals surface area contributed by atoms with E-state index in [2.05, 4.69) is 4.98 Å². The number of hydrogen-bond donors (Lipinski definition) is 0. The number of benzene rings is 2. The standard InChI is InChI=1S/C16H13NO2/c1-2-19-16(18)13-8-5-7-11-12-6-3-4-9-15(12)17-10-14(11)13/h3-10H,2H2,1H3. The van der Waals surface area contributed by atoms with Crippen LogP contribution >= 0.6 is 0 Å². The van der Waals surface area contributed by atoms with Crippen LogP contribution in [-0.4, -0.2) is 17.6 Å². The number of esters is 1. The summed E-state index contributed by atoms with van der Waals surface area (Å²) in [6.45, 7) is 2.17. The summed E-state index contributed by atoms with van der Waals surface area (Å²) in [6.07, 6.45) is 1.74. The number of nitrogens with zero attached hydrogens (tertiary/aromatic N) is 1. The van der Waals surface area contributed by atoms with Crippen LogP contribution in [0.25, 0.3) is 21.7 Å². The third-order valence-corrected chi connectivity index (χ3v) is 3.13. The molecule has 1 aromatic heterocycles. The lowest BCUT2D eigenvalue weighted by atomic mass is 10.0. The van der Waals surface area contributed by atoms with E-state index in [-0.39, 0.29) is 5.97 Å². The van der Waals surface area contributed by atoms with Gasteiger partial charge in [0.05, 0.1) is 17.7 Å². The van der Waals surface area contributed by atoms with Crippen molar-refractivity contribution >= 4 is 27.6 Å². The molecule has 0 spiro atoms. The summed E-state index contributed by atoms with van der Waals surface area (Å²) in [5, 5.41) is 2.90. The number of rotatable bonds is 2. The van der Waals surface area contributed by atoms with E-state index in [1.165, 1.54) is 0 Å². The van der Waals surface area contributed by atoms with Crippen molar-refractivity contribution < 1.29 is 9.53 Å². The topological polar surface area (TPSA) is 39.2 Å². The summed E-state index contributed by atoms with van der Waals surface area (Å²) < 4.78 is 5.08. The van der Waals surface area contributed by atoms with Gasteiger partial charge in [0.15, 0.2) is 0 Å². The van der Waals surface area contributed by atoms with Gasteiger partial charge in [0.2, 0.25) is 0 Å². The van der Waals surface area contributed by atoms with E-state index in [9.17, 15) is 4.79 Å². The number of pyridine rings is 1. The van der Waals surface area contributed by atoms with Crippen molar-refractivity contribution in [2.24, 2.45) is 0 Å². The fraction of sp³-hybridized carbons (Fsp3) is 0.125. The zero-order chi connectivity index (χ0) is 13.2. The van der Waals surface area contributed by atoms with Gasteiger partial charge in [-0.2, -0.15) is 0 Å². The zero-order valence-corrected chi connectivity index (χ0v) is 10.6. The van der Waals surface area contributed by atoms with E-state index in [0.717, 1.165) is 21.7 Å². The fourth-order valence-electron chi connectivity index (χ4n) is 2.27. The average molecular weight is 251 g/mol. The minimum Gasteiger partial charge on any atom is -0.462 e. The molecule has 3 aromatic rings. The number of hydrogen-bond acceptors (Lipinski definition) is 3. The first-order chi connectivity index (χ1) is 9.31.